The maximum absolute atomic E-state index is 11.9. The summed E-state index contributed by atoms with van der Waals surface area (Å²) in [6.07, 6.45) is 5.35. The molecule has 7 heteroatoms. The van der Waals surface area contributed by atoms with Gasteiger partial charge in [0, 0.05) is 25.3 Å². The third kappa shape index (κ3) is 3.30. The van der Waals surface area contributed by atoms with E-state index >= 15 is 0 Å². The summed E-state index contributed by atoms with van der Waals surface area (Å²) in [5, 5.41) is 6.81. The van der Waals surface area contributed by atoms with E-state index in [4.69, 9.17) is 0 Å². The van der Waals surface area contributed by atoms with Crippen LogP contribution in [0.1, 0.15) is 30.5 Å². The number of aryl methyl sites for hydroxylation is 2. The summed E-state index contributed by atoms with van der Waals surface area (Å²) in [4.78, 5) is 0. The number of H-pyrrole nitrogens is 1. The van der Waals surface area contributed by atoms with Gasteiger partial charge in [-0.25, -0.2) is 4.72 Å². The third-order valence-corrected chi connectivity index (χ3v) is 4.86. The molecule has 0 aliphatic carbocycles. The van der Waals surface area contributed by atoms with Crippen molar-refractivity contribution in [2.75, 3.05) is 19.6 Å². The van der Waals surface area contributed by atoms with Gasteiger partial charge < -0.3 is 0 Å². The minimum atomic E-state index is -3.25. The Morgan fingerprint density at radius 3 is 2.78 bits per heavy atom. The molecule has 1 aliphatic heterocycles. The van der Waals surface area contributed by atoms with E-state index in [0.717, 1.165) is 36.9 Å². The number of hydrogen-bond acceptors (Lipinski definition) is 3. The minimum absolute atomic E-state index is 0.476. The molecule has 0 saturated carbocycles. The molecule has 0 unspecified atom stereocenters. The summed E-state index contributed by atoms with van der Waals surface area (Å²) in [7, 11) is -3.25. The lowest BCUT2D eigenvalue weighted by Gasteiger charge is -2.15. The highest BCUT2D eigenvalue weighted by molar-refractivity contribution is 7.87. The van der Waals surface area contributed by atoms with Gasteiger partial charge in [-0.2, -0.15) is 17.8 Å². The van der Waals surface area contributed by atoms with Gasteiger partial charge in [0.1, 0.15) is 0 Å². The molecular formula is C11H20N4O2S. The van der Waals surface area contributed by atoms with E-state index < -0.39 is 10.2 Å². The Labute approximate surface area is 108 Å². The molecule has 6 nitrogen and oxygen atoms in total. The normalized spacial score (nSPS) is 17.4. The predicted octanol–water partition coefficient (Wildman–Crippen LogP) is 0.581. The fourth-order valence-corrected chi connectivity index (χ4v) is 3.45. The van der Waals surface area contributed by atoms with Gasteiger partial charge in [-0.1, -0.05) is 0 Å². The molecule has 1 aliphatic rings. The van der Waals surface area contributed by atoms with Gasteiger partial charge in [-0.15, -0.1) is 0 Å². The lowest BCUT2D eigenvalue weighted by atomic mass is 10.1. The molecule has 102 valence electrons. The van der Waals surface area contributed by atoms with Crippen LogP contribution in [0.15, 0.2) is 6.20 Å². The zero-order valence-corrected chi connectivity index (χ0v) is 11.5. The highest BCUT2D eigenvalue weighted by Crippen LogP contribution is 2.11. The Bertz CT molecular complexity index is 477. The maximum Gasteiger partial charge on any atom is 0.279 e. The molecule has 1 aromatic heterocycles. The molecule has 2 N–H and O–H groups in total. The van der Waals surface area contributed by atoms with Crippen molar-refractivity contribution in [2.24, 2.45) is 0 Å². The SMILES string of the molecule is Cc1[nH]ncc1CCCNS(=O)(=O)N1CCCC1. The summed E-state index contributed by atoms with van der Waals surface area (Å²) in [6, 6.07) is 0. The minimum Gasteiger partial charge on any atom is -0.283 e. The van der Waals surface area contributed by atoms with E-state index in [1.54, 1.807) is 6.20 Å². The van der Waals surface area contributed by atoms with Crippen molar-refractivity contribution in [1.29, 1.82) is 0 Å². The van der Waals surface area contributed by atoms with Crippen molar-refractivity contribution in [1.82, 2.24) is 19.2 Å². The van der Waals surface area contributed by atoms with Crippen LogP contribution < -0.4 is 4.72 Å². The topological polar surface area (TPSA) is 78.1 Å². The number of rotatable bonds is 6. The molecule has 18 heavy (non-hydrogen) atoms. The summed E-state index contributed by atoms with van der Waals surface area (Å²) < 4.78 is 27.9. The van der Waals surface area contributed by atoms with Gasteiger partial charge in [-0.05, 0) is 38.2 Å². The first-order chi connectivity index (χ1) is 8.59. The van der Waals surface area contributed by atoms with E-state index in [0.29, 0.717) is 19.6 Å². The predicted molar refractivity (Wildman–Crippen MR) is 69.4 cm³/mol. The maximum atomic E-state index is 11.9. The van der Waals surface area contributed by atoms with Crippen LogP contribution in [0.4, 0.5) is 0 Å². The third-order valence-electron chi connectivity index (χ3n) is 3.25. The van der Waals surface area contributed by atoms with Gasteiger partial charge in [0.25, 0.3) is 10.2 Å². The molecule has 0 radical (unpaired) electrons. The van der Waals surface area contributed by atoms with Crippen molar-refractivity contribution in [3.63, 3.8) is 0 Å². The molecule has 0 spiro atoms. The Kier molecular flexibility index (Phi) is 4.36. The van der Waals surface area contributed by atoms with Crippen LogP contribution in [0.2, 0.25) is 0 Å². The quantitative estimate of drug-likeness (QED) is 0.744. The molecular weight excluding hydrogens is 252 g/mol. The van der Waals surface area contributed by atoms with Crippen molar-refractivity contribution < 1.29 is 8.42 Å². The lowest BCUT2D eigenvalue weighted by molar-refractivity contribution is 0.464. The van der Waals surface area contributed by atoms with Gasteiger partial charge in [0.15, 0.2) is 0 Å². The van der Waals surface area contributed by atoms with E-state index in [1.165, 1.54) is 4.31 Å². The van der Waals surface area contributed by atoms with Crippen LogP contribution in [0.3, 0.4) is 0 Å². The molecule has 2 heterocycles. The van der Waals surface area contributed by atoms with Crippen LogP contribution >= 0.6 is 0 Å². The van der Waals surface area contributed by atoms with Crippen LogP contribution in [0.25, 0.3) is 0 Å². The second-order valence-corrected chi connectivity index (χ2v) is 6.38. The summed E-state index contributed by atoms with van der Waals surface area (Å²) >= 11 is 0. The molecule has 0 bridgehead atoms. The Morgan fingerprint density at radius 2 is 2.17 bits per heavy atom. The van der Waals surface area contributed by atoms with E-state index in [-0.39, 0.29) is 0 Å². The second-order valence-electron chi connectivity index (χ2n) is 4.63. The molecule has 0 atom stereocenters. The number of nitrogens with one attached hydrogen (secondary N) is 2. The van der Waals surface area contributed by atoms with Crippen LogP contribution in [0, 0.1) is 6.92 Å². The Morgan fingerprint density at radius 1 is 1.44 bits per heavy atom. The number of hydrogen-bond donors (Lipinski definition) is 2. The van der Waals surface area contributed by atoms with Crippen molar-refractivity contribution >= 4 is 10.2 Å². The molecule has 1 aromatic rings. The van der Waals surface area contributed by atoms with Crippen molar-refractivity contribution in [2.45, 2.75) is 32.6 Å². The molecule has 0 amide bonds. The first kappa shape index (κ1) is 13.5. The van der Waals surface area contributed by atoms with E-state index in [9.17, 15) is 8.42 Å². The average Bonchev–Trinajstić information content (AvgIpc) is 2.96. The number of nitrogens with zero attached hydrogens (tertiary/aromatic N) is 2. The Hall–Kier alpha value is -0.920. The first-order valence-electron chi connectivity index (χ1n) is 6.33. The van der Waals surface area contributed by atoms with Crippen LogP contribution in [-0.2, 0) is 16.6 Å². The lowest BCUT2D eigenvalue weighted by Crippen LogP contribution is -2.39. The molecule has 1 saturated heterocycles. The Balaban J connectivity index is 1.73. The average molecular weight is 272 g/mol. The standard InChI is InChI=1S/C11H20N4O2S/c1-10-11(9-12-14-10)5-4-6-13-18(16,17)15-7-2-3-8-15/h9,13H,2-8H2,1H3,(H,12,14). The largest absolute Gasteiger partial charge is 0.283 e. The first-order valence-corrected chi connectivity index (χ1v) is 7.77. The second kappa shape index (κ2) is 5.81. The van der Waals surface area contributed by atoms with E-state index in [2.05, 4.69) is 14.9 Å². The van der Waals surface area contributed by atoms with Crippen LogP contribution in [0.5, 0.6) is 0 Å². The van der Waals surface area contributed by atoms with Gasteiger partial charge in [-0.3, -0.25) is 5.10 Å². The van der Waals surface area contributed by atoms with Gasteiger partial charge >= 0.3 is 0 Å². The molecule has 1 fully saturated rings. The van der Waals surface area contributed by atoms with Crippen molar-refractivity contribution in [3.05, 3.63) is 17.5 Å². The highest BCUT2D eigenvalue weighted by Gasteiger charge is 2.24. The summed E-state index contributed by atoms with van der Waals surface area (Å²) in [5.74, 6) is 0. The van der Waals surface area contributed by atoms with Crippen molar-refractivity contribution in [3.8, 4) is 0 Å². The zero-order chi connectivity index (χ0) is 13.0. The molecule has 0 aromatic carbocycles. The van der Waals surface area contributed by atoms with Gasteiger partial charge in [0.05, 0.1) is 6.20 Å². The summed E-state index contributed by atoms with van der Waals surface area (Å²) in [5.41, 5.74) is 2.20. The molecule has 2 rings (SSSR count). The summed E-state index contributed by atoms with van der Waals surface area (Å²) in [6.45, 7) is 3.74. The fraction of sp³-hybridized carbons (Fsp3) is 0.727. The number of aromatic amines is 1. The number of aromatic nitrogens is 2. The monoisotopic (exact) mass is 272 g/mol. The van der Waals surface area contributed by atoms with Crippen LogP contribution in [-0.4, -0.2) is 42.6 Å². The van der Waals surface area contributed by atoms with Gasteiger partial charge in [0.2, 0.25) is 0 Å². The zero-order valence-electron chi connectivity index (χ0n) is 10.6. The van der Waals surface area contributed by atoms with E-state index in [1.807, 2.05) is 6.92 Å². The smallest absolute Gasteiger partial charge is 0.279 e. The fourth-order valence-electron chi connectivity index (χ4n) is 2.13. The highest BCUT2D eigenvalue weighted by atomic mass is 32.2.